The first-order valence-corrected chi connectivity index (χ1v) is 8.43. The standard InChI is InChI=1S/C13H18F2N4O4S/c1-2-17-9-4-3-8(24(22,23)13(14)15)5-10(9)19-12(21)7-18-11(20)6-16/h3-5,13,17H,2,6-7,16H2,1H3,(H,18,20)(H,19,21). The first-order chi connectivity index (χ1) is 11.2. The summed E-state index contributed by atoms with van der Waals surface area (Å²) in [5.74, 6) is -4.79. The minimum Gasteiger partial charge on any atom is -0.384 e. The van der Waals surface area contributed by atoms with Crippen LogP contribution in [-0.2, 0) is 19.4 Å². The lowest BCUT2D eigenvalue weighted by Crippen LogP contribution is -2.36. The van der Waals surface area contributed by atoms with Gasteiger partial charge in [0.1, 0.15) is 0 Å². The Hall–Kier alpha value is -2.27. The summed E-state index contributed by atoms with van der Waals surface area (Å²) in [7, 11) is -4.80. The Balaban J connectivity index is 3.05. The highest BCUT2D eigenvalue weighted by Gasteiger charge is 2.27. The summed E-state index contributed by atoms with van der Waals surface area (Å²) in [6.07, 6.45) is 0. The molecule has 0 saturated carbocycles. The van der Waals surface area contributed by atoms with Gasteiger partial charge in [-0.2, -0.15) is 8.78 Å². The van der Waals surface area contributed by atoms with Crippen LogP contribution in [0, 0.1) is 0 Å². The topological polar surface area (TPSA) is 130 Å². The molecule has 0 fully saturated rings. The molecule has 0 aromatic heterocycles. The summed E-state index contributed by atoms with van der Waals surface area (Å²) in [4.78, 5) is 22.2. The molecule has 5 N–H and O–H groups in total. The molecule has 0 atom stereocenters. The first kappa shape index (κ1) is 19.8. The van der Waals surface area contributed by atoms with Crippen LogP contribution >= 0.6 is 0 Å². The number of carbonyl (C=O) groups excluding carboxylic acids is 2. The van der Waals surface area contributed by atoms with E-state index in [1.807, 2.05) is 0 Å². The van der Waals surface area contributed by atoms with Crippen molar-refractivity contribution in [3.05, 3.63) is 18.2 Å². The smallest absolute Gasteiger partial charge is 0.341 e. The van der Waals surface area contributed by atoms with Gasteiger partial charge in [0.05, 0.1) is 29.4 Å². The summed E-state index contributed by atoms with van der Waals surface area (Å²) in [6.45, 7) is 1.52. The predicted molar refractivity (Wildman–Crippen MR) is 84.5 cm³/mol. The Bertz CT molecular complexity index is 710. The van der Waals surface area contributed by atoms with Gasteiger partial charge in [-0.1, -0.05) is 0 Å². The number of amides is 2. The quantitative estimate of drug-likeness (QED) is 0.519. The summed E-state index contributed by atoms with van der Waals surface area (Å²) >= 11 is 0. The van der Waals surface area contributed by atoms with Crippen molar-refractivity contribution in [2.75, 3.05) is 30.3 Å². The van der Waals surface area contributed by atoms with E-state index in [0.717, 1.165) is 12.1 Å². The van der Waals surface area contributed by atoms with Crippen molar-refractivity contribution >= 4 is 33.0 Å². The number of benzene rings is 1. The van der Waals surface area contributed by atoms with Crippen molar-refractivity contribution in [2.45, 2.75) is 17.6 Å². The minimum atomic E-state index is -4.80. The van der Waals surface area contributed by atoms with E-state index in [4.69, 9.17) is 5.73 Å². The highest BCUT2D eigenvalue weighted by atomic mass is 32.2. The summed E-state index contributed by atoms with van der Waals surface area (Å²) in [5, 5.41) is 7.45. The van der Waals surface area contributed by atoms with E-state index in [1.54, 1.807) is 6.92 Å². The van der Waals surface area contributed by atoms with Crippen molar-refractivity contribution in [3.8, 4) is 0 Å². The Kier molecular flexibility index (Phi) is 7.04. The van der Waals surface area contributed by atoms with E-state index >= 15 is 0 Å². The monoisotopic (exact) mass is 364 g/mol. The normalized spacial score (nSPS) is 11.2. The molecule has 24 heavy (non-hydrogen) atoms. The van der Waals surface area contributed by atoms with Crippen LogP contribution in [0.2, 0.25) is 0 Å². The maximum atomic E-state index is 12.6. The van der Waals surface area contributed by atoms with Crippen LogP contribution in [0.25, 0.3) is 0 Å². The highest BCUT2D eigenvalue weighted by molar-refractivity contribution is 7.91. The molecule has 0 aliphatic heterocycles. The number of nitrogens with one attached hydrogen (secondary N) is 3. The van der Waals surface area contributed by atoms with Gasteiger partial charge >= 0.3 is 5.76 Å². The Labute approximate surface area is 137 Å². The molecule has 0 radical (unpaired) electrons. The van der Waals surface area contributed by atoms with E-state index in [-0.39, 0.29) is 12.2 Å². The van der Waals surface area contributed by atoms with E-state index < -0.39 is 38.8 Å². The third kappa shape index (κ3) is 5.13. The number of rotatable bonds is 8. The molecule has 1 rings (SSSR count). The van der Waals surface area contributed by atoms with Gasteiger partial charge in [-0.3, -0.25) is 9.59 Å². The summed E-state index contributed by atoms with van der Waals surface area (Å²) < 4.78 is 48.4. The average Bonchev–Trinajstić information content (AvgIpc) is 2.54. The zero-order valence-corrected chi connectivity index (χ0v) is 13.6. The fourth-order valence-corrected chi connectivity index (χ4v) is 2.44. The second kappa shape index (κ2) is 8.55. The third-order valence-electron chi connectivity index (χ3n) is 2.83. The van der Waals surface area contributed by atoms with E-state index in [2.05, 4.69) is 16.0 Å². The van der Waals surface area contributed by atoms with Crippen LogP contribution in [-0.4, -0.2) is 45.6 Å². The SMILES string of the molecule is CCNc1ccc(S(=O)(=O)C(F)F)cc1NC(=O)CNC(=O)CN. The summed E-state index contributed by atoms with van der Waals surface area (Å²) in [6, 6.07) is 3.22. The number of anilines is 2. The van der Waals surface area contributed by atoms with Crippen LogP contribution in [0.5, 0.6) is 0 Å². The first-order valence-electron chi connectivity index (χ1n) is 6.89. The number of nitrogens with two attached hydrogens (primary N) is 1. The molecule has 0 heterocycles. The molecule has 0 spiro atoms. The van der Waals surface area contributed by atoms with Crippen molar-refractivity contribution in [3.63, 3.8) is 0 Å². The second-order valence-electron chi connectivity index (χ2n) is 4.57. The molecule has 134 valence electrons. The molecule has 8 nitrogen and oxygen atoms in total. The van der Waals surface area contributed by atoms with Gasteiger partial charge in [-0.25, -0.2) is 8.42 Å². The number of hydrogen-bond donors (Lipinski definition) is 4. The number of alkyl halides is 2. The summed E-state index contributed by atoms with van der Waals surface area (Å²) in [5.41, 5.74) is 5.44. The average molecular weight is 364 g/mol. The van der Waals surface area contributed by atoms with Crippen LogP contribution in [0.3, 0.4) is 0 Å². The minimum absolute atomic E-state index is 0.00516. The fraction of sp³-hybridized carbons (Fsp3) is 0.385. The van der Waals surface area contributed by atoms with Crippen molar-refractivity contribution in [2.24, 2.45) is 5.73 Å². The molecular weight excluding hydrogens is 346 g/mol. The van der Waals surface area contributed by atoms with Gasteiger partial charge in [-0.05, 0) is 25.1 Å². The van der Waals surface area contributed by atoms with Gasteiger partial charge in [-0.15, -0.1) is 0 Å². The molecule has 0 saturated heterocycles. The Morgan fingerprint density at radius 2 is 1.88 bits per heavy atom. The van der Waals surface area contributed by atoms with Crippen LogP contribution in [0.1, 0.15) is 6.92 Å². The maximum absolute atomic E-state index is 12.6. The fourth-order valence-electron chi connectivity index (χ4n) is 1.70. The van der Waals surface area contributed by atoms with Crippen molar-refractivity contribution in [1.82, 2.24) is 5.32 Å². The lowest BCUT2D eigenvalue weighted by atomic mass is 10.2. The van der Waals surface area contributed by atoms with E-state index in [1.165, 1.54) is 6.07 Å². The third-order valence-corrected chi connectivity index (χ3v) is 4.21. The molecule has 0 bridgehead atoms. The number of halogens is 2. The lowest BCUT2D eigenvalue weighted by molar-refractivity contribution is -0.123. The predicted octanol–water partition coefficient (Wildman–Crippen LogP) is 0.128. The van der Waals surface area contributed by atoms with Gasteiger partial charge in [0.25, 0.3) is 0 Å². The molecule has 0 aliphatic carbocycles. The van der Waals surface area contributed by atoms with Crippen LogP contribution in [0.4, 0.5) is 20.2 Å². The Morgan fingerprint density at radius 3 is 2.42 bits per heavy atom. The van der Waals surface area contributed by atoms with Crippen LogP contribution in [0.15, 0.2) is 23.1 Å². The lowest BCUT2D eigenvalue weighted by Gasteiger charge is -2.14. The molecule has 2 amide bonds. The molecule has 1 aromatic carbocycles. The maximum Gasteiger partial charge on any atom is 0.341 e. The number of hydrogen-bond acceptors (Lipinski definition) is 6. The van der Waals surface area contributed by atoms with E-state index in [9.17, 15) is 26.8 Å². The van der Waals surface area contributed by atoms with Crippen LogP contribution < -0.4 is 21.7 Å². The van der Waals surface area contributed by atoms with E-state index in [0.29, 0.717) is 12.2 Å². The number of carbonyl (C=O) groups is 2. The van der Waals surface area contributed by atoms with Crippen molar-refractivity contribution in [1.29, 1.82) is 0 Å². The molecule has 11 heteroatoms. The zero-order chi connectivity index (χ0) is 18.3. The Morgan fingerprint density at radius 1 is 1.21 bits per heavy atom. The largest absolute Gasteiger partial charge is 0.384 e. The second-order valence-corrected chi connectivity index (χ2v) is 6.49. The van der Waals surface area contributed by atoms with Gasteiger partial charge in [0.15, 0.2) is 0 Å². The zero-order valence-electron chi connectivity index (χ0n) is 12.8. The van der Waals surface area contributed by atoms with Gasteiger partial charge < -0.3 is 21.7 Å². The molecular formula is C13H18F2N4O4S. The van der Waals surface area contributed by atoms with Gasteiger partial charge in [0, 0.05) is 6.54 Å². The highest BCUT2D eigenvalue weighted by Crippen LogP contribution is 2.28. The van der Waals surface area contributed by atoms with Crippen molar-refractivity contribution < 1.29 is 26.8 Å². The molecule has 0 unspecified atom stereocenters. The van der Waals surface area contributed by atoms with Gasteiger partial charge in [0.2, 0.25) is 21.7 Å². The number of sulfone groups is 1. The molecule has 1 aromatic rings. The molecule has 0 aliphatic rings.